The molecule has 2 aromatic rings. The van der Waals surface area contributed by atoms with Gasteiger partial charge in [0, 0.05) is 18.8 Å². The van der Waals surface area contributed by atoms with Gasteiger partial charge >= 0.3 is 0 Å². The van der Waals surface area contributed by atoms with Gasteiger partial charge in [0.15, 0.2) is 0 Å². The Hall–Kier alpha value is -1.64. The molecule has 0 unspecified atom stereocenters. The van der Waals surface area contributed by atoms with Gasteiger partial charge < -0.3 is 4.40 Å². The van der Waals surface area contributed by atoms with E-state index in [1.165, 1.54) is 0 Å². The molecule has 0 amide bonds. The maximum Gasteiger partial charge on any atom is 0.138 e. The molecule has 0 bridgehead atoms. The number of carbonyl (C=O) groups is 1. The quantitative estimate of drug-likeness (QED) is 0.736. The summed E-state index contributed by atoms with van der Waals surface area (Å²) in [6.07, 6.45) is 4.86. The van der Waals surface area contributed by atoms with Gasteiger partial charge in [0.05, 0.1) is 12.1 Å². The molecule has 2 rings (SSSR count). The summed E-state index contributed by atoms with van der Waals surface area (Å²) in [7, 11) is 0. The lowest BCUT2D eigenvalue weighted by atomic mass is 10.2. The highest BCUT2D eigenvalue weighted by atomic mass is 16.1. The molecule has 0 aliphatic heterocycles. The Kier molecular flexibility index (Phi) is 2.31. The minimum atomic E-state index is 0.230. The zero-order chi connectivity index (χ0) is 9.97. The van der Waals surface area contributed by atoms with Crippen LogP contribution in [0.1, 0.15) is 19.0 Å². The van der Waals surface area contributed by atoms with Gasteiger partial charge in [0.1, 0.15) is 11.4 Å². The van der Waals surface area contributed by atoms with E-state index in [4.69, 9.17) is 0 Å². The van der Waals surface area contributed by atoms with Gasteiger partial charge in [-0.1, -0.05) is 13.0 Å². The fourth-order valence-corrected chi connectivity index (χ4v) is 1.40. The monoisotopic (exact) mass is 188 g/mol. The third-order valence-corrected chi connectivity index (χ3v) is 2.19. The second kappa shape index (κ2) is 3.62. The summed E-state index contributed by atoms with van der Waals surface area (Å²) in [4.78, 5) is 15.6. The van der Waals surface area contributed by atoms with Gasteiger partial charge in [0.25, 0.3) is 0 Å². The van der Waals surface area contributed by atoms with Crippen LogP contribution in [0.25, 0.3) is 5.65 Å². The van der Waals surface area contributed by atoms with Crippen LogP contribution < -0.4 is 0 Å². The Morgan fingerprint density at radius 3 is 3.07 bits per heavy atom. The number of carbonyl (C=O) groups excluding carboxylic acids is 1. The first-order valence-corrected chi connectivity index (χ1v) is 4.74. The van der Waals surface area contributed by atoms with Gasteiger partial charge in [-0.25, -0.2) is 4.98 Å². The molecule has 3 nitrogen and oxygen atoms in total. The number of hydrogen-bond donors (Lipinski definition) is 0. The number of rotatable bonds is 3. The van der Waals surface area contributed by atoms with E-state index in [1.54, 1.807) is 0 Å². The number of imidazole rings is 1. The smallest absolute Gasteiger partial charge is 0.138 e. The number of hydrogen-bond acceptors (Lipinski definition) is 2. The van der Waals surface area contributed by atoms with Crippen LogP contribution in [0, 0.1) is 0 Å². The van der Waals surface area contributed by atoms with Gasteiger partial charge in [-0.2, -0.15) is 0 Å². The van der Waals surface area contributed by atoms with Crippen LogP contribution in [0.5, 0.6) is 0 Å². The van der Waals surface area contributed by atoms with Crippen molar-refractivity contribution in [3.05, 3.63) is 36.3 Å². The van der Waals surface area contributed by atoms with Crippen molar-refractivity contribution in [2.24, 2.45) is 0 Å². The van der Waals surface area contributed by atoms with Crippen molar-refractivity contribution >= 4 is 11.4 Å². The number of pyridine rings is 1. The summed E-state index contributed by atoms with van der Waals surface area (Å²) >= 11 is 0. The SMILES string of the molecule is CCC(=O)Cc1cn2ccccc2n1. The van der Waals surface area contributed by atoms with E-state index < -0.39 is 0 Å². The van der Waals surface area contributed by atoms with Crippen LogP contribution in [0.2, 0.25) is 0 Å². The molecular weight excluding hydrogens is 176 g/mol. The first-order valence-electron chi connectivity index (χ1n) is 4.74. The first-order chi connectivity index (χ1) is 6.79. The van der Waals surface area contributed by atoms with E-state index in [0.29, 0.717) is 12.8 Å². The maximum atomic E-state index is 11.2. The fraction of sp³-hybridized carbons (Fsp3) is 0.273. The van der Waals surface area contributed by atoms with Crippen LogP contribution in [0.4, 0.5) is 0 Å². The summed E-state index contributed by atoms with van der Waals surface area (Å²) in [5.74, 6) is 0.230. The average Bonchev–Trinajstić information content (AvgIpc) is 2.59. The highest BCUT2D eigenvalue weighted by Gasteiger charge is 2.04. The largest absolute Gasteiger partial charge is 0.307 e. The molecule has 0 aliphatic rings. The van der Waals surface area contributed by atoms with Crippen LogP contribution in [0.3, 0.4) is 0 Å². The van der Waals surface area contributed by atoms with Gasteiger partial charge in [0.2, 0.25) is 0 Å². The molecule has 0 fully saturated rings. The summed E-state index contributed by atoms with van der Waals surface area (Å²) in [6.45, 7) is 1.87. The van der Waals surface area contributed by atoms with Crippen LogP contribution >= 0.6 is 0 Å². The van der Waals surface area contributed by atoms with Crippen molar-refractivity contribution in [3.63, 3.8) is 0 Å². The Balaban J connectivity index is 2.31. The molecule has 0 saturated heterocycles. The topological polar surface area (TPSA) is 34.4 Å². The molecule has 0 saturated carbocycles. The highest BCUT2D eigenvalue weighted by molar-refractivity contribution is 5.80. The maximum absolute atomic E-state index is 11.2. The first kappa shape index (κ1) is 8.94. The van der Waals surface area contributed by atoms with Gasteiger partial charge in [-0.15, -0.1) is 0 Å². The third kappa shape index (κ3) is 1.66. The van der Waals surface area contributed by atoms with Crippen molar-refractivity contribution < 1.29 is 4.79 Å². The minimum absolute atomic E-state index is 0.230. The van der Waals surface area contributed by atoms with Crippen molar-refractivity contribution in [1.82, 2.24) is 9.38 Å². The van der Waals surface area contributed by atoms with Crippen LogP contribution in [0.15, 0.2) is 30.6 Å². The highest BCUT2D eigenvalue weighted by Crippen LogP contribution is 2.05. The van der Waals surface area contributed by atoms with Crippen LogP contribution in [-0.2, 0) is 11.2 Å². The number of fused-ring (bicyclic) bond motifs is 1. The molecule has 0 aromatic carbocycles. The van der Waals surface area contributed by atoms with Crippen molar-refractivity contribution in [1.29, 1.82) is 0 Å². The molecule has 0 aliphatic carbocycles. The molecule has 0 atom stereocenters. The second-order valence-electron chi connectivity index (χ2n) is 3.27. The van der Waals surface area contributed by atoms with E-state index in [0.717, 1.165) is 11.3 Å². The number of Topliss-reactive ketones (excluding diaryl/α,β-unsaturated/α-hetero) is 1. The Morgan fingerprint density at radius 2 is 2.36 bits per heavy atom. The number of aromatic nitrogens is 2. The predicted molar refractivity (Wildman–Crippen MR) is 54.2 cm³/mol. The van der Waals surface area contributed by atoms with Gasteiger partial charge in [-0.3, -0.25) is 4.79 Å². The Morgan fingerprint density at radius 1 is 1.50 bits per heavy atom. The fourth-order valence-electron chi connectivity index (χ4n) is 1.40. The van der Waals surface area contributed by atoms with E-state index in [1.807, 2.05) is 41.9 Å². The zero-order valence-electron chi connectivity index (χ0n) is 8.10. The van der Waals surface area contributed by atoms with Crippen LogP contribution in [-0.4, -0.2) is 15.2 Å². The van der Waals surface area contributed by atoms with E-state index >= 15 is 0 Å². The lowest BCUT2D eigenvalue weighted by Gasteiger charge is -1.90. The zero-order valence-corrected chi connectivity index (χ0v) is 8.10. The molecule has 2 aromatic heterocycles. The molecular formula is C11H12N2O. The lowest BCUT2D eigenvalue weighted by molar-refractivity contribution is -0.118. The Bertz CT molecular complexity index is 426. The summed E-state index contributed by atoms with van der Waals surface area (Å²) in [5.41, 5.74) is 1.74. The van der Waals surface area contributed by atoms with E-state index in [-0.39, 0.29) is 5.78 Å². The van der Waals surface area contributed by atoms with E-state index in [9.17, 15) is 4.79 Å². The number of nitrogens with zero attached hydrogens (tertiary/aromatic N) is 2. The minimum Gasteiger partial charge on any atom is -0.307 e. The Labute approximate surface area is 82.4 Å². The van der Waals surface area contributed by atoms with E-state index in [2.05, 4.69) is 4.98 Å². The summed E-state index contributed by atoms with van der Waals surface area (Å²) in [5, 5.41) is 0. The second-order valence-corrected chi connectivity index (χ2v) is 3.27. The molecule has 2 heterocycles. The standard InChI is InChI=1S/C11H12N2O/c1-2-10(14)7-9-8-13-6-4-3-5-11(13)12-9/h3-6,8H,2,7H2,1H3. The molecule has 0 spiro atoms. The third-order valence-electron chi connectivity index (χ3n) is 2.19. The molecule has 72 valence electrons. The van der Waals surface area contributed by atoms with Crippen molar-refractivity contribution in [2.45, 2.75) is 19.8 Å². The normalized spacial score (nSPS) is 10.6. The molecule has 14 heavy (non-hydrogen) atoms. The average molecular weight is 188 g/mol. The lowest BCUT2D eigenvalue weighted by Crippen LogP contribution is -2.00. The molecule has 3 heteroatoms. The summed E-state index contributed by atoms with van der Waals surface area (Å²) in [6, 6.07) is 5.81. The summed E-state index contributed by atoms with van der Waals surface area (Å²) < 4.78 is 1.93. The number of ketones is 1. The van der Waals surface area contributed by atoms with Crippen molar-refractivity contribution in [3.8, 4) is 0 Å². The molecule has 0 radical (unpaired) electrons. The van der Waals surface area contributed by atoms with Crippen molar-refractivity contribution in [2.75, 3.05) is 0 Å². The van der Waals surface area contributed by atoms with Gasteiger partial charge in [-0.05, 0) is 12.1 Å². The molecule has 0 N–H and O–H groups in total. The predicted octanol–water partition coefficient (Wildman–Crippen LogP) is 1.86.